The Bertz CT molecular complexity index is 903. The van der Waals surface area contributed by atoms with Crippen molar-refractivity contribution in [2.24, 2.45) is 0 Å². The molecule has 0 radical (unpaired) electrons. The summed E-state index contributed by atoms with van der Waals surface area (Å²) in [4.78, 5) is 8.82. The fourth-order valence-electron chi connectivity index (χ4n) is 3.48. The third-order valence-electron chi connectivity index (χ3n) is 4.79. The Hall–Kier alpha value is -2.18. The highest BCUT2D eigenvalue weighted by Gasteiger charge is 2.23. The molecular weight excluding hydrogens is 358 g/mol. The Labute approximate surface area is 155 Å². The molecule has 0 spiro atoms. The lowest BCUT2D eigenvalue weighted by atomic mass is 10.2. The number of benzene rings is 2. The average Bonchev–Trinajstić information content (AvgIpc) is 3.01. The van der Waals surface area contributed by atoms with Crippen molar-refractivity contribution >= 4 is 28.3 Å². The molecule has 4 nitrogen and oxygen atoms in total. The molecule has 0 bridgehead atoms. The Morgan fingerprint density at radius 1 is 0.962 bits per heavy atom. The topological polar surface area (TPSA) is 24.3 Å². The zero-order valence-corrected chi connectivity index (χ0v) is 14.9. The first-order chi connectivity index (χ1) is 12.6. The Morgan fingerprint density at radius 2 is 1.65 bits per heavy atom. The Balaban J connectivity index is 1.49. The van der Waals surface area contributed by atoms with Gasteiger partial charge in [-0.1, -0.05) is 35.9 Å². The van der Waals surface area contributed by atoms with Gasteiger partial charge in [-0.3, -0.25) is 9.47 Å². The molecule has 3 aromatic rings. The van der Waals surface area contributed by atoms with Crippen LogP contribution in [0.5, 0.6) is 0 Å². The maximum Gasteiger partial charge on any atom is 0.320 e. The molecule has 1 aromatic heterocycles. The van der Waals surface area contributed by atoms with E-state index in [1.807, 2.05) is 30.3 Å². The summed E-state index contributed by atoms with van der Waals surface area (Å²) in [6, 6.07) is 14.8. The second-order valence-electron chi connectivity index (χ2n) is 6.38. The van der Waals surface area contributed by atoms with Gasteiger partial charge in [0.2, 0.25) is 0 Å². The first-order valence-electron chi connectivity index (χ1n) is 8.59. The van der Waals surface area contributed by atoms with E-state index in [-0.39, 0.29) is 0 Å². The van der Waals surface area contributed by atoms with E-state index in [4.69, 9.17) is 11.6 Å². The zero-order chi connectivity index (χ0) is 18.1. The molecule has 0 atom stereocenters. The lowest BCUT2D eigenvalue weighted by Gasteiger charge is -2.36. The number of nitrogens with zero attached hydrogens (tertiary/aromatic N) is 4. The van der Waals surface area contributed by atoms with Crippen LogP contribution in [0.4, 0.5) is 14.5 Å². The van der Waals surface area contributed by atoms with Crippen LogP contribution in [0.2, 0.25) is 5.02 Å². The van der Waals surface area contributed by atoms with Gasteiger partial charge in [0, 0.05) is 26.2 Å². The highest BCUT2D eigenvalue weighted by Crippen LogP contribution is 2.27. The molecule has 0 amide bonds. The van der Waals surface area contributed by atoms with Gasteiger partial charge >= 0.3 is 6.55 Å². The summed E-state index contributed by atoms with van der Waals surface area (Å²) < 4.78 is 28.1. The molecule has 0 saturated carbocycles. The minimum Gasteiger partial charge on any atom is -0.368 e. The third-order valence-corrected chi connectivity index (χ3v) is 5.11. The predicted octanol–water partition coefficient (Wildman–Crippen LogP) is 4.41. The van der Waals surface area contributed by atoms with Gasteiger partial charge in [-0.05, 0) is 24.3 Å². The molecule has 2 aromatic carbocycles. The number of piperazine rings is 1. The van der Waals surface area contributed by atoms with Crippen LogP contribution in [0.1, 0.15) is 12.4 Å². The first-order valence-corrected chi connectivity index (χ1v) is 8.97. The molecule has 0 unspecified atom stereocenters. The molecule has 1 fully saturated rings. The minimum absolute atomic E-state index is 0.410. The van der Waals surface area contributed by atoms with Crippen molar-refractivity contribution in [1.29, 1.82) is 0 Å². The van der Waals surface area contributed by atoms with E-state index in [0.29, 0.717) is 23.4 Å². The molecule has 136 valence electrons. The van der Waals surface area contributed by atoms with Gasteiger partial charge in [0.25, 0.3) is 0 Å². The maximum absolute atomic E-state index is 13.6. The second kappa shape index (κ2) is 7.21. The highest BCUT2D eigenvalue weighted by molar-refractivity contribution is 6.33. The molecule has 26 heavy (non-hydrogen) atoms. The van der Waals surface area contributed by atoms with Crippen molar-refractivity contribution in [3.63, 3.8) is 0 Å². The molecule has 0 aliphatic carbocycles. The van der Waals surface area contributed by atoms with Crippen LogP contribution < -0.4 is 4.90 Å². The van der Waals surface area contributed by atoms with E-state index in [0.717, 1.165) is 41.5 Å². The molecular formula is C19H19ClF2N4. The van der Waals surface area contributed by atoms with Gasteiger partial charge in [-0.2, -0.15) is 8.78 Å². The third kappa shape index (κ3) is 3.27. The van der Waals surface area contributed by atoms with Crippen molar-refractivity contribution in [2.45, 2.75) is 13.1 Å². The standard InChI is InChI=1S/C19H19ClF2N4/c20-14-5-1-3-7-16(14)25-11-9-24(10-12-25)13-18-23-15-6-2-4-8-17(15)26(18)19(21)22/h1-8,19H,9-13H2. The molecule has 0 N–H and O–H groups in total. The monoisotopic (exact) mass is 376 g/mol. The van der Waals surface area contributed by atoms with Crippen LogP contribution in [0.3, 0.4) is 0 Å². The summed E-state index contributed by atoms with van der Waals surface area (Å²) in [5, 5.41) is 0.737. The summed E-state index contributed by atoms with van der Waals surface area (Å²) in [5.74, 6) is 0.410. The lowest BCUT2D eigenvalue weighted by molar-refractivity contribution is 0.0681. The number of rotatable bonds is 4. The van der Waals surface area contributed by atoms with Gasteiger partial charge in [0.05, 0.1) is 28.3 Å². The summed E-state index contributed by atoms with van der Waals surface area (Å²) in [5.41, 5.74) is 2.11. The molecule has 1 saturated heterocycles. The van der Waals surface area contributed by atoms with E-state index < -0.39 is 6.55 Å². The first kappa shape index (κ1) is 17.2. The van der Waals surface area contributed by atoms with Crippen LogP contribution >= 0.6 is 11.6 Å². The van der Waals surface area contributed by atoms with Gasteiger partial charge in [-0.25, -0.2) is 4.98 Å². The maximum atomic E-state index is 13.6. The van der Waals surface area contributed by atoms with Crippen molar-refractivity contribution in [3.05, 3.63) is 59.4 Å². The Morgan fingerprint density at radius 3 is 2.38 bits per heavy atom. The van der Waals surface area contributed by atoms with E-state index in [1.165, 1.54) is 0 Å². The van der Waals surface area contributed by atoms with Crippen molar-refractivity contribution in [2.75, 3.05) is 31.1 Å². The number of halogens is 3. The summed E-state index contributed by atoms with van der Waals surface area (Å²) in [7, 11) is 0. The minimum atomic E-state index is -2.60. The number of aromatic nitrogens is 2. The number of hydrogen-bond acceptors (Lipinski definition) is 3. The van der Waals surface area contributed by atoms with Gasteiger partial charge in [-0.15, -0.1) is 0 Å². The Kier molecular flexibility index (Phi) is 4.78. The van der Waals surface area contributed by atoms with Crippen molar-refractivity contribution in [3.8, 4) is 0 Å². The molecule has 4 rings (SSSR count). The molecule has 1 aliphatic heterocycles. The largest absolute Gasteiger partial charge is 0.368 e. The van der Waals surface area contributed by atoms with Gasteiger partial charge < -0.3 is 4.90 Å². The van der Waals surface area contributed by atoms with Crippen LogP contribution in [0, 0.1) is 0 Å². The number of anilines is 1. The number of hydrogen-bond donors (Lipinski definition) is 0. The predicted molar refractivity (Wildman–Crippen MR) is 99.9 cm³/mol. The smallest absolute Gasteiger partial charge is 0.320 e. The number of fused-ring (bicyclic) bond motifs is 1. The fourth-order valence-corrected chi connectivity index (χ4v) is 3.73. The van der Waals surface area contributed by atoms with Crippen molar-refractivity contribution in [1.82, 2.24) is 14.5 Å². The fraction of sp³-hybridized carbons (Fsp3) is 0.316. The van der Waals surface area contributed by atoms with E-state index >= 15 is 0 Å². The number of imidazole rings is 1. The van der Waals surface area contributed by atoms with Crippen LogP contribution in [0.15, 0.2) is 48.5 Å². The van der Waals surface area contributed by atoms with Gasteiger partial charge in [0.15, 0.2) is 0 Å². The lowest BCUT2D eigenvalue weighted by Crippen LogP contribution is -2.46. The summed E-state index contributed by atoms with van der Waals surface area (Å²) in [6.07, 6.45) is 0. The van der Waals surface area contributed by atoms with Crippen LogP contribution in [0.25, 0.3) is 11.0 Å². The molecule has 1 aliphatic rings. The molecule has 2 heterocycles. The second-order valence-corrected chi connectivity index (χ2v) is 6.79. The van der Waals surface area contributed by atoms with Crippen LogP contribution in [-0.2, 0) is 6.54 Å². The normalized spacial score (nSPS) is 15.9. The SMILES string of the molecule is FC(F)n1c(CN2CCN(c3ccccc3Cl)CC2)nc2ccccc21. The molecule has 7 heteroatoms. The van der Waals surface area contributed by atoms with Crippen molar-refractivity contribution < 1.29 is 8.78 Å². The summed E-state index contributed by atoms with van der Waals surface area (Å²) >= 11 is 6.27. The number of alkyl halides is 2. The highest BCUT2D eigenvalue weighted by atomic mass is 35.5. The zero-order valence-electron chi connectivity index (χ0n) is 14.2. The van der Waals surface area contributed by atoms with Gasteiger partial charge in [0.1, 0.15) is 5.82 Å². The van der Waals surface area contributed by atoms with E-state index in [2.05, 4.69) is 14.8 Å². The van der Waals surface area contributed by atoms with E-state index in [1.54, 1.807) is 18.2 Å². The average molecular weight is 377 g/mol. The van der Waals surface area contributed by atoms with Crippen LogP contribution in [-0.4, -0.2) is 40.6 Å². The quantitative estimate of drug-likeness (QED) is 0.674. The van der Waals surface area contributed by atoms with E-state index in [9.17, 15) is 8.78 Å². The summed E-state index contributed by atoms with van der Waals surface area (Å²) in [6.45, 7) is 0.976. The number of para-hydroxylation sites is 3.